The molecule has 0 saturated carbocycles. The Morgan fingerprint density at radius 2 is 2.04 bits per heavy atom. The molecule has 6 heteroatoms. The molecule has 1 aromatic carbocycles. The highest BCUT2D eigenvalue weighted by molar-refractivity contribution is 8.00. The van der Waals surface area contributed by atoms with Crippen molar-refractivity contribution in [2.45, 2.75) is 30.4 Å². The van der Waals surface area contributed by atoms with Gasteiger partial charge in [0.2, 0.25) is 5.91 Å². The van der Waals surface area contributed by atoms with Crippen LogP contribution in [0, 0.1) is 0 Å². The summed E-state index contributed by atoms with van der Waals surface area (Å²) in [4.78, 5) is 14.2. The van der Waals surface area contributed by atoms with E-state index in [2.05, 4.69) is 24.3 Å². The van der Waals surface area contributed by atoms with E-state index in [0.717, 1.165) is 29.9 Å². The van der Waals surface area contributed by atoms with E-state index in [1.54, 1.807) is 23.9 Å². The van der Waals surface area contributed by atoms with Crippen LogP contribution in [-0.4, -0.2) is 24.0 Å². The zero-order valence-corrected chi connectivity index (χ0v) is 15.2. The minimum atomic E-state index is -0.316. The van der Waals surface area contributed by atoms with Crippen molar-refractivity contribution in [1.82, 2.24) is 5.48 Å². The number of ether oxygens (including phenoxy) is 1. The highest BCUT2D eigenvalue weighted by atomic mass is 32.2. The molecular formula is C18H21NO3S2. The zero-order chi connectivity index (χ0) is 17.0. The first-order chi connectivity index (χ1) is 11.7. The molecule has 0 unspecified atom stereocenters. The second kappa shape index (κ2) is 7.59. The van der Waals surface area contributed by atoms with Crippen LogP contribution in [0.15, 0.2) is 36.4 Å². The highest BCUT2D eigenvalue weighted by Crippen LogP contribution is 2.50. The molecule has 1 amide bonds. The average molecular weight is 364 g/mol. The van der Waals surface area contributed by atoms with E-state index in [0.29, 0.717) is 6.42 Å². The molecule has 128 valence electrons. The molecule has 1 atom stereocenters. The number of benzene rings is 1. The smallest absolute Gasteiger partial charge is 0.245 e. The Morgan fingerprint density at radius 1 is 1.25 bits per heavy atom. The second-order valence-electron chi connectivity index (χ2n) is 5.90. The summed E-state index contributed by atoms with van der Waals surface area (Å²) in [6, 6.07) is 12.3. The number of nitrogens with one attached hydrogen (secondary N) is 1. The van der Waals surface area contributed by atoms with Crippen molar-refractivity contribution in [1.29, 1.82) is 0 Å². The molecule has 4 nitrogen and oxygen atoms in total. The normalized spacial score (nSPS) is 20.6. The van der Waals surface area contributed by atoms with Crippen molar-refractivity contribution in [2.75, 3.05) is 12.9 Å². The Bertz CT molecular complexity index is 691. The monoisotopic (exact) mass is 363 g/mol. The van der Waals surface area contributed by atoms with Gasteiger partial charge in [-0.25, -0.2) is 5.48 Å². The highest BCUT2D eigenvalue weighted by Gasteiger charge is 2.38. The molecule has 1 aromatic heterocycles. The van der Waals surface area contributed by atoms with E-state index < -0.39 is 0 Å². The number of carbonyl (C=O) groups is 1. The van der Waals surface area contributed by atoms with E-state index in [-0.39, 0.29) is 10.7 Å². The second-order valence-corrected chi connectivity index (χ2v) is 8.47. The van der Waals surface area contributed by atoms with Crippen LogP contribution in [0.3, 0.4) is 0 Å². The molecule has 1 saturated heterocycles. The number of carbonyl (C=O) groups excluding carboxylic acids is 1. The lowest BCUT2D eigenvalue weighted by Gasteiger charge is -2.35. The van der Waals surface area contributed by atoms with Gasteiger partial charge in [0, 0.05) is 16.2 Å². The number of amides is 1. The lowest BCUT2D eigenvalue weighted by Crippen LogP contribution is -2.32. The Labute approximate surface area is 150 Å². The van der Waals surface area contributed by atoms with Crippen LogP contribution in [0.4, 0.5) is 0 Å². The maximum atomic E-state index is 11.8. The predicted octanol–water partition coefficient (Wildman–Crippen LogP) is 4.43. The molecule has 0 bridgehead atoms. The van der Waals surface area contributed by atoms with Crippen molar-refractivity contribution in [3.05, 3.63) is 41.3 Å². The Hall–Kier alpha value is -1.50. The van der Waals surface area contributed by atoms with Gasteiger partial charge in [0.25, 0.3) is 0 Å². The van der Waals surface area contributed by atoms with Crippen LogP contribution in [0.2, 0.25) is 0 Å². The fourth-order valence-corrected chi connectivity index (χ4v) is 5.96. The number of thiophene rings is 1. The summed E-state index contributed by atoms with van der Waals surface area (Å²) in [5, 5.41) is 8.94. The topological polar surface area (TPSA) is 58.6 Å². The third kappa shape index (κ3) is 3.61. The van der Waals surface area contributed by atoms with Crippen molar-refractivity contribution in [3.8, 4) is 16.2 Å². The molecule has 2 N–H and O–H groups in total. The number of hydroxylamine groups is 1. The van der Waals surface area contributed by atoms with Gasteiger partial charge in [0.1, 0.15) is 5.75 Å². The molecule has 1 aliphatic heterocycles. The van der Waals surface area contributed by atoms with Crippen LogP contribution < -0.4 is 10.2 Å². The molecular weight excluding hydrogens is 342 g/mol. The van der Waals surface area contributed by atoms with Crippen LogP contribution >= 0.6 is 23.1 Å². The van der Waals surface area contributed by atoms with Crippen molar-refractivity contribution in [3.63, 3.8) is 0 Å². The Morgan fingerprint density at radius 3 is 2.67 bits per heavy atom. The lowest BCUT2D eigenvalue weighted by molar-refractivity contribution is -0.129. The van der Waals surface area contributed by atoms with Crippen molar-refractivity contribution < 1.29 is 14.7 Å². The van der Waals surface area contributed by atoms with E-state index >= 15 is 0 Å². The van der Waals surface area contributed by atoms with Crippen LogP contribution in [-0.2, 0) is 9.54 Å². The largest absolute Gasteiger partial charge is 0.497 e. The van der Waals surface area contributed by atoms with Crippen LogP contribution in [0.5, 0.6) is 5.75 Å². The third-order valence-corrected chi connectivity index (χ3v) is 7.44. The molecule has 3 rings (SSSR count). The van der Waals surface area contributed by atoms with Crippen LogP contribution in [0.25, 0.3) is 10.4 Å². The van der Waals surface area contributed by atoms with Gasteiger partial charge in [-0.2, -0.15) is 0 Å². The number of methoxy groups -OCH3 is 1. The summed E-state index contributed by atoms with van der Waals surface area (Å²) in [6.45, 7) is 0. The minimum absolute atomic E-state index is 0.222. The molecule has 0 aliphatic carbocycles. The molecule has 0 radical (unpaired) electrons. The SMILES string of the molecule is COc1ccc(-c2ccc([C@@]3(CC(=O)NO)CCCCS3)s2)cc1. The zero-order valence-electron chi connectivity index (χ0n) is 13.6. The molecule has 2 aromatic rings. The molecule has 1 fully saturated rings. The van der Waals surface area contributed by atoms with Crippen molar-refractivity contribution in [2.24, 2.45) is 0 Å². The summed E-state index contributed by atoms with van der Waals surface area (Å²) in [5.41, 5.74) is 2.94. The van der Waals surface area contributed by atoms with Crippen LogP contribution in [0.1, 0.15) is 30.6 Å². The van der Waals surface area contributed by atoms with Gasteiger partial charge in [-0.05, 0) is 60.6 Å². The molecule has 1 aliphatic rings. The fraction of sp³-hybridized carbons (Fsp3) is 0.389. The predicted molar refractivity (Wildman–Crippen MR) is 98.8 cm³/mol. The maximum absolute atomic E-state index is 11.8. The minimum Gasteiger partial charge on any atom is -0.497 e. The summed E-state index contributed by atoms with van der Waals surface area (Å²) in [5.74, 6) is 1.58. The third-order valence-electron chi connectivity index (χ3n) is 4.35. The molecule has 0 spiro atoms. The van der Waals surface area contributed by atoms with E-state index in [4.69, 9.17) is 9.94 Å². The van der Waals surface area contributed by atoms with Crippen molar-refractivity contribution >= 4 is 29.0 Å². The Kier molecular flexibility index (Phi) is 5.48. The fourth-order valence-electron chi connectivity index (χ4n) is 3.07. The summed E-state index contributed by atoms with van der Waals surface area (Å²) in [6.07, 6.45) is 3.58. The first-order valence-corrected chi connectivity index (χ1v) is 9.79. The maximum Gasteiger partial charge on any atom is 0.245 e. The average Bonchev–Trinajstić information content (AvgIpc) is 3.13. The van der Waals surface area contributed by atoms with Gasteiger partial charge in [0.15, 0.2) is 0 Å². The number of rotatable bonds is 5. The van der Waals surface area contributed by atoms with E-state index in [9.17, 15) is 4.79 Å². The number of thioether (sulfide) groups is 1. The van der Waals surface area contributed by atoms with Gasteiger partial charge in [-0.3, -0.25) is 10.0 Å². The first kappa shape index (κ1) is 17.3. The summed E-state index contributed by atoms with van der Waals surface area (Å²) < 4.78 is 4.99. The van der Waals surface area contributed by atoms with Gasteiger partial charge in [-0.1, -0.05) is 6.42 Å². The lowest BCUT2D eigenvalue weighted by atomic mass is 9.94. The first-order valence-electron chi connectivity index (χ1n) is 7.98. The van der Waals surface area contributed by atoms with E-state index in [1.807, 2.05) is 23.9 Å². The Balaban J connectivity index is 1.89. The quantitative estimate of drug-likeness (QED) is 0.609. The number of hydrogen-bond acceptors (Lipinski definition) is 5. The number of hydrogen-bond donors (Lipinski definition) is 2. The van der Waals surface area contributed by atoms with E-state index in [1.165, 1.54) is 16.2 Å². The molecule has 2 heterocycles. The van der Waals surface area contributed by atoms with Gasteiger partial charge in [0.05, 0.1) is 11.9 Å². The van der Waals surface area contributed by atoms with Gasteiger partial charge < -0.3 is 4.74 Å². The molecule has 24 heavy (non-hydrogen) atoms. The standard InChI is InChI=1S/C18H21NO3S2/c1-22-14-6-4-13(5-7-14)15-8-9-16(24-15)18(12-17(20)19-21)10-2-3-11-23-18/h4-9,21H,2-3,10-12H2,1H3,(H,19,20)/t18-/m0/s1. The van der Waals surface area contributed by atoms with Gasteiger partial charge in [-0.15, -0.1) is 23.1 Å². The summed E-state index contributed by atoms with van der Waals surface area (Å²) >= 11 is 3.57. The van der Waals surface area contributed by atoms with Gasteiger partial charge >= 0.3 is 0 Å². The summed E-state index contributed by atoms with van der Waals surface area (Å²) in [7, 11) is 1.66.